The Hall–Kier alpha value is -2.61. The van der Waals surface area contributed by atoms with E-state index in [2.05, 4.69) is 20.9 Å². The van der Waals surface area contributed by atoms with Crippen LogP contribution in [0.1, 0.15) is 28.2 Å². The summed E-state index contributed by atoms with van der Waals surface area (Å²) in [5.74, 6) is -2.24. The lowest BCUT2D eigenvalue weighted by Crippen LogP contribution is -2.65. The summed E-state index contributed by atoms with van der Waals surface area (Å²) in [4.78, 5) is 25.3. The molecule has 1 atom stereocenters. The Bertz CT molecular complexity index is 966. The normalized spacial score (nSPS) is 11.9. The van der Waals surface area contributed by atoms with Crippen LogP contribution in [0, 0.1) is 6.92 Å². The van der Waals surface area contributed by atoms with Gasteiger partial charge in [0.2, 0.25) is 5.16 Å². The minimum Gasteiger partial charge on any atom is -0.744 e. The van der Waals surface area contributed by atoms with Gasteiger partial charge in [-0.05, 0) is 25.3 Å². The van der Waals surface area contributed by atoms with Crippen LogP contribution < -0.4 is 5.73 Å². The second-order valence-corrected chi connectivity index (χ2v) is 7.89. The molecule has 1 heterocycles. The summed E-state index contributed by atoms with van der Waals surface area (Å²) in [6, 6.07) is 4.97. The summed E-state index contributed by atoms with van der Waals surface area (Å²) in [6.45, 7) is 1.82. The first-order chi connectivity index (χ1) is 13.5. The fourth-order valence-corrected chi connectivity index (χ4v) is 2.67. The number of aromatic carboxylic acids is 1. The summed E-state index contributed by atoms with van der Waals surface area (Å²) in [5.41, 5.74) is 4.36. The Morgan fingerprint density at radius 1 is 1.21 bits per heavy atom. The van der Waals surface area contributed by atoms with Crippen molar-refractivity contribution in [3.05, 3.63) is 41.2 Å². The van der Waals surface area contributed by atoms with E-state index in [9.17, 15) is 22.6 Å². The summed E-state index contributed by atoms with van der Waals surface area (Å²) in [7, 11) is -4.27. The van der Waals surface area contributed by atoms with Gasteiger partial charge in [0.05, 0.1) is 10.6 Å². The van der Waals surface area contributed by atoms with Crippen molar-refractivity contribution in [2.75, 3.05) is 6.26 Å². The first-order valence-electron chi connectivity index (χ1n) is 8.05. The minimum atomic E-state index is -4.27. The van der Waals surface area contributed by atoms with Crippen molar-refractivity contribution in [3.63, 3.8) is 0 Å². The van der Waals surface area contributed by atoms with Crippen LogP contribution in [0.15, 0.2) is 34.3 Å². The summed E-state index contributed by atoms with van der Waals surface area (Å²) >= 11 is 1.18. The van der Waals surface area contributed by atoms with Gasteiger partial charge >= 0.3 is 11.9 Å². The van der Waals surface area contributed by atoms with Crippen molar-refractivity contribution in [3.8, 4) is 0 Å². The van der Waals surface area contributed by atoms with E-state index in [0.717, 1.165) is 5.56 Å². The number of thioether (sulfide) groups is 1. The van der Waals surface area contributed by atoms with E-state index in [1.165, 1.54) is 23.9 Å². The molecule has 0 fully saturated rings. The highest BCUT2D eigenvalue weighted by Gasteiger charge is 2.20. The molecule has 0 amide bonds. The van der Waals surface area contributed by atoms with Crippen LogP contribution in [0.4, 0.5) is 0 Å². The molecule has 0 radical (unpaired) electrons. The zero-order valence-corrected chi connectivity index (χ0v) is 17.2. The SMILES string of the molecule is CSc1nnc(CC[C@H]([NH3+])C(=O)O)c(C(=O)O)n1.Cc1ccc(S(=O)(=O)[O-])cc1. The second kappa shape index (κ2) is 10.8. The van der Waals surface area contributed by atoms with Crippen molar-refractivity contribution < 1.29 is 38.5 Å². The summed E-state index contributed by atoms with van der Waals surface area (Å²) in [5, 5.41) is 25.4. The van der Waals surface area contributed by atoms with Gasteiger partial charge in [-0.2, -0.15) is 5.10 Å². The van der Waals surface area contributed by atoms with Gasteiger partial charge in [-0.3, -0.25) is 0 Å². The van der Waals surface area contributed by atoms with E-state index >= 15 is 0 Å². The van der Waals surface area contributed by atoms with Crippen LogP contribution in [0.25, 0.3) is 0 Å². The molecular weight excluding hydrogens is 424 g/mol. The van der Waals surface area contributed by atoms with Crippen LogP contribution in [0.2, 0.25) is 0 Å². The fraction of sp³-hybridized carbons (Fsp3) is 0.312. The van der Waals surface area contributed by atoms with E-state index in [1.54, 1.807) is 18.4 Å². The van der Waals surface area contributed by atoms with E-state index in [-0.39, 0.29) is 34.3 Å². The Morgan fingerprint density at radius 3 is 2.24 bits per heavy atom. The number of aliphatic carboxylic acids is 1. The molecule has 0 saturated heterocycles. The van der Waals surface area contributed by atoms with Gasteiger partial charge in [-0.25, -0.2) is 23.0 Å². The summed E-state index contributed by atoms with van der Waals surface area (Å²) in [6.07, 6.45) is 2.06. The molecule has 5 N–H and O–H groups in total. The van der Waals surface area contributed by atoms with Gasteiger partial charge in [0.15, 0.2) is 11.7 Å². The van der Waals surface area contributed by atoms with E-state index in [0.29, 0.717) is 0 Å². The zero-order chi connectivity index (χ0) is 22.2. The number of carboxylic acids is 2. The molecule has 0 aliphatic carbocycles. The molecule has 158 valence electrons. The van der Waals surface area contributed by atoms with E-state index in [4.69, 9.17) is 10.2 Å². The quantitative estimate of drug-likeness (QED) is 0.378. The first-order valence-corrected chi connectivity index (χ1v) is 10.7. The molecule has 0 saturated carbocycles. The van der Waals surface area contributed by atoms with Crippen LogP contribution in [-0.4, -0.2) is 62.6 Å². The lowest BCUT2D eigenvalue weighted by Gasteiger charge is -2.05. The molecule has 2 aromatic rings. The number of benzene rings is 1. The van der Waals surface area contributed by atoms with Crippen molar-refractivity contribution in [1.82, 2.24) is 15.2 Å². The highest BCUT2D eigenvalue weighted by atomic mass is 32.2. The molecule has 0 aliphatic heterocycles. The molecule has 0 bridgehead atoms. The van der Waals surface area contributed by atoms with Crippen molar-refractivity contribution in [2.24, 2.45) is 0 Å². The fourth-order valence-electron chi connectivity index (χ4n) is 1.90. The number of aryl methyl sites for hydroxylation is 2. The van der Waals surface area contributed by atoms with Gasteiger partial charge < -0.3 is 20.5 Å². The molecule has 11 nitrogen and oxygen atoms in total. The smallest absolute Gasteiger partial charge is 0.362 e. The van der Waals surface area contributed by atoms with E-state index < -0.39 is 28.1 Å². The molecule has 13 heteroatoms. The molecule has 29 heavy (non-hydrogen) atoms. The minimum absolute atomic E-state index is 0.163. The van der Waals surface area contributed by atoms with Crippen molar-refractivity contribution >= 4 is 33.8 Å². The lowest BCUT2D eigenvalue weighted by atomic mass is 10.1. The molecule has 0 unspecified atom stereocenters. The third kappa shape index (κ3) is 8.11. The maximum absolute atomic E-state index is 11.0. The maximum Gasteiger partial charge on any atom is 0.362 e. The third-order valence-corrected chi connectivity index (χ3v) is 4.90. The molecular formula is C16H20N4O7S2. The molecule has 0 spiro atoms. The highest BCUT2D eigenvalue weighted by Crippen LogP contribution is 2.12. The largest absolute Gasteiger partial charge is 0.744 e. The van der Waals surface area contributed by atoms with Gasteiger partial charge in [0.1, 0.15) is 10.1 Å². The number of quaternary nitrogens is 1. The van der Waals surface area contributed by atoms with Crippen LogP contribution in [-0.2, 0) is 21.3 Å². The van der Waals surface area contributed by atoms with Gasteiger partial charge in [-0.15, -0.1) is 5.10 Å². The van der Waals surface area contributed by atoms with Crippen molar-refractivity contribution in [1.29, 1.82) is 0 Å². The number of hydrogen-bond acceptors (Lipinski definition) is 9. The molecule has 1 aromatic carbocycles. The first kappa shape index (κ1) is 24.4. The predicted octanol–water partition coefficient (Wildman–Crippen LogP) is -0.181. The topological polar surface area (TPSA) is 198 Å². The number of nitrogens with zero attached hydrogens (tertiary/aromatic N) is 3. The van der Waals surface area contributed by atoms with Crippen LogP contribution in [0.5, 0.6) is 0 Å². The zero-order valence-electron chi connectivity index (χ0n) is 15.6. The lowest BCUT2D eigenvalue weighted by molar-refractivity contribution is -0.408. The van der Waals surface area contributed by atoms with Gasteiger partial charge in [0.25, 0.3) is 0 Å². The number of carboxylic acid groups (broad SMARTS) is 2. The molecule has 0 aliphatic rings. The standard InChI is InChI=1S/C9H12N4O4S.C7H8O3S/c1-18-9-11-6(8(16)17)5(12-13-9)3-2-4(10)7(14)15;1-6-2-4-7(5-3-6)11(8,9)10/h4H,2-3,10H2,1H3,(H,14,15)(H,16,17);2-5H,1H3,(H,8,9,10)/t4-;/m0./s1. The second-order valence-electron chi connectivity index (χ2n) is 5.74. The maximum atomic E-state index is 11.0. The third-order valence-electron chi connectivity index (χ3n) is 3.51. The number of hydrogen-bond donors (Lipinski definition) is 3. The Balaban J connectivity index is 0.000000326. The van der Waals surface area contributed by atoms with E-state index in [1.807, 2.05) is 6.92 Å². The average molecular weight is 444 g/mol. The van der Waals surface area contributed by atoms with Crippen molar-refractivity contribution in [2.45, 2.75) is 35.9 Å². The molecule has 2 rings (SSSR count). The Kier molecular flexibility index (Phi) is 9.10. The van der Waals surface area contributed by atoms with Crippen LogP contribution in [0.3, 0.4) is 0 Å². The monoisotopic (exact) mass is 444 g/mol. The summed E-state index contributed by atoms with van der Waals surface area (Å²) < 4.78 is 31.2. The number of carbonyl (C=O) groups is 2. The molecule has 1 aromatic heterocycles. The Labute approximate surface area is 171 Å². The highest BCUT2D eigenvalue weighted by molar-refractivity contribution is 7.98. The van der Waals surface area contributed by atoms with Gasteiger partial charge in [0, 0.05) is 12.8 Å². The van der Waals surface area contributed by atoms with Gasteiger partial charge in [-0.1, -0.05) is 29.5 Å². The number of rotatable bonds is 7. The van der Waals surface area contributed by atoms with Crippen LogP contribution >= 0.6 is 11.8 Å². The Morgan fingerprint density at radius 2 is 1.79 bits per heavy atom. The number of aromatic nitrogens is 3. The predicted molar refractivity (Wildman–Crippen MR) is 100 cm³/mol. The average Bonchev–Trinajstić information content (AvgIpc) is 2.65.